The summed E-state index contributed by atoms with van der Waals surface area (Å²) >= 11 is 5.47. The fraction of sp³-hybridized carbons (Fsp3) is 0. The van der Waals surface area contributed by atoms with E-state index < -0.39 is 0 Å². The molecular weight excluding hydrogens is 152 g/mol. The lowest BCUT2D eigenvalue weighted by Crippen LogP contribution is -1.81. The highest BCUT2D eigenvalue weighted by molar-refractivity contribution is 6.28. The van der Waals surface area contributed by atoms with Crippen molar-refractivity contribution in [2.24, 2.45) is 0 Å². The quantitative estimate of drug-likeness (QED) is 0.570. The Labute approximate surface area is 61.3 Å². The number of rotatable bonds is 0. The molecule has 2 heterocycles. The number of imidazole rings is 1. The van der Waals surface area contributed by atoms with E-state index in [1.54, 1.807) is 0 Å². The Balaban J connectivity index is 2.86. The van der Waals surface area contributed by atoms with Gasteiger partial charge in [-0.25, -0.2) is 9.97 Å². The zero-order valence-corrected chi connectivity index (χ0v) is 5.55. The van der Waals surface area contributed by atoms with Crippen LogP contribution in [-0.4, -0.2) is 19.9 Å². The molecule has 0 bridgehead atoms. The van der Waals surface area contributed by atoms with Crippen molar-refractivity contribution in [1.29, 1.82) is 0 Å². The monoisotopic (exact) mass is 153 g/mol. The van der Waals surface area contributed by atoms with Crippen molar-refractivity contribution in [3.63, 3.8) is 0 Å². The topological polar surface area (TPSA) is 54.5 Å². The van der Waals surface area contributed by atoms with Crippen molar-refractivity contribution in [1.82, 2.24) is 19.9 Å². The first kappa shape index (κ1) is 5.61. The Kier molecular flexibility index (Phi) is 1.07. The Morgan fingerprint density at radius 2 is 2.50 bits per heavy atom. The maximum atomic E-state index is 5.47. The number of hydrogen-bond donors (Lipinski definition) is 1. The largest absolute Gasteiger partial charge is 0.329 e. The van der Waals surface area contributed by atoms with Crippen LogP contribution in [0.2, 0.25) is 5.28 Å². The van der Waals surface area contributed by atoms with Crippen molar-refractivity contribution >= 4 is 22.8 Å². The number of aromatic nitrogens is 4. The van der Waals surface area contributed by atoms with Crippen LogP contribution in [0.3, 0.4) is 0 Å². The second-order valence-corrected chi connectivity index (χ2v) is 2.04. The molecule has 1 radical (unpaired) electrons. The van der Waals surface area contributed by atoms with Gasteiger partial charge in [0.25, 0.3) is 0 Å². The van der Waals surface area contributed by atoms with Crippen molar-refractivity contribution in [2.45, 2.75) is 0 Å². The molecule has 0 saturated heterocycles. The molecule has 0 spiro atoms. The van der Waals surface area contributed by atoms with E-state index in [1.807, 2.05) is 0 Å². The first-order valence-electron chi connectivity index (χ1n) is 2.60. The number of hydrogen-bond acceptors (Lipinski definition) is 3. The lowest BCUT2D eigenvalue weighted by Gasteiger charge is -1.84. The van der Waals surface area contributed by atoms with E-state index in [-0.39, 0.29) is 5.28 Å². The number of halogens is 1. The van der Waals surface area contributed by atoms with Gasteiger partial charge in [0.1, 0.15) is 11.7 Å². The molecule has 5 heteroatoms. The van der Waals surface area contributed by atoms with Gasteiger partial charge >= 0.3 is 0 Å². The summed E-state index contributed by atoms with van der Waals surface area (Å²) in [5.41, 5.74) is 1.21. The van der Waals surface area contributed by atoms with Crippen LogP contribution in [-0.2, 0) is 0 Å². The zero-order valence-electron chi connectivity index (χ0n) is 4.80. The highest BCUT2D eigenvalue weighted by atomic mass is 35.5. The molecule has 0 aliphatic carbocycles. The second-order valence-electron chi connectivity index (χ2n) is 1.70. The fourth-order valence-electron chi connectivity index (χ4n) is 0.671. The standard InChI is InChI=1S/C5H2ClN4/c6-5-7-1-3-4(10-5)9-2-8-3/h2H,(H,7,8,9,10). The third-order valence-corrected chi connectivity index (χ3v) is 1.25. The van der Waals surface area contributed by atoms with Crippen LogP contribution in [0.15, 0.2) is 6.33 Å². The molecule has 4 nitrogen and oxygen atoms in total. The zero-order chi connectivity index (χ0) is 6.97. The first-order valence-corrected chi connectivity index (χ1v) is 2.98. The Hall–Kier alpha value is -1.16. The van der Waals surface area contributed by atoms with E-state index in [0.717, 1.165) is 0 Å². The maximum absolute atomic E-state index is 5.47. The number of nitrogens with zero attached hydrogens (tertiary/aromatic N) is 3. The van der Waals surface area contributed by atoms with E-state index in [4.69, 9.17) is 11.6 Å². The van der Waals surface area contributed by atoms with Gasteiger partial charge in [0.05, 0.1) is 6.33 Å². The van der Waals surface area contributed by atoms with Gasteiger partial charge in [-0.05, 0) is 11.6 Å². The van der Waals surface area contributed by atoms with Crippen LogP contribution in [0, 0.1) is 6.20 Å². The molecule has 10 heavy (non-hydrogen) atoms. The van der Waals surface area contributed by atoms with E-state index in [2.05, 4.69) is 26.1 Å². The smallest absolute Gasteiger partial charge is 0.225 e. The van der Waals surface area contributed by atoms with Gasteiger partial charge < -0.3 is 4.98 Å². The fourth-order valence-corrected chi connectivity index (χ4v) is 0.798. The van der Waals surface area contributed by atoms with E-state index in [9.17, 15) is 0 Å². The van der Waals surface area contributed by atoms with Gasteiger partial charge in [-0.1, -0.05) is 0 Å². The number of fused-ring (bicyclic) bond motifs is 1. The molecule has 0 saturated carbocycles. The van der Waals surface area contributed by atoms with Crippen LogP contribution in [0.5, 0.6) is 0 Å². The van der Waals surface area contributed by atoms with Crippen LogP contribution < -0.4 is 0 Å². The molecule has 2 rings (SSSR count). The Morgan fingerprint density at radius 3 is 3.40 bits per heavy atom. The molecular formula is C5H2ClN4. The molecule has 0 atom stereocenters. The summed E-state index contributed by atoms with van der Waals surface area (Å²) in [5, 5.41) is 0.178. The predicted molar refractivity (Wildman–Crippen MR) is 35.5 cm³/mol. The molecule has 49 valence electrons. The second kappa shape index (κ2) is 1.91. The third kappa shape index (κ3) is 0.733. The molecule has 0 aromatic carbocycles. The minimum Gasteiger partial charge on any atom is -0.329 e. The predicted octanol–water partition coefficient (Wildman–Crippen LogP) is 0.806. The first-order chi connectivity index (χ1) is 4.86. The van der Waals surface area contributed by atoms with Crippen LogP contribution in [0.4, 0.5) is 0 Å². The summed E-state index contributed by atoms with van der Waals surface area (Å²) < 4.78 is 0. The van der Waals surface area contributed by atoms with Gasteiger partial charge in [0, 0.05) is 0 Å². The minimum atomic E-state index is 0.178. The SMILES string of the molecule is Clc1n[c]c2nc[nH]c2n1. The lowest BCUT2D eigenvalue weighted by molar-refractivity contribution is 1.19. The van der Waals surface area contributed by atoms with Crippen LogP contribution in [0.1, 0.15) is 0 Å². The average molecular weight is 154 g/mol. The van der Waals surface area contributed by atoms with Gasteiger partial charge in [0.2, 0.25) is 5.28 Å². The summed E-state index contributed by atoms with van der Waals surface area (Å²) in [6.07, 6.45) is 4.13. The molecule has 0 unspecified atom stereocenters. The molecule has 0 aliphatic heterocycles. The van der Waals surface area contributed by atoms with Gasteiger partial charge in [-0.3, -0.25) is 0 Å². The molecule has 0 aliphatic rings. The maximum Gasteiger partial charge on any atom is 0.225 e. The van der Waals surface area contributed by atoms with E-state index in [1.165, 1.54) is 6.33 Å². The van der Waals surface area contributed by atoms with E-state index >= 15 is 0 Å². The highest BCUT2D eigenvalue weighted by Crippen LogP contribution is 2.05. The third-order valence-electron chi connectivity index (χ3n) is 1.08. The van der Waals surface area contributed by atoms with Crippen LogP contribution >= 0.6 is 11.6 Å². The van der Waals surface area contributed by atoms with Crippen molar-refractivity contribution in [3.05, 3.63) is 17.8 Å². The van der Waals surface area contributed by atoms with E-state index in [0.29, 0.717) is 11.2 Å². The van der Waals surface area contributed by atoms with Crippen molar-refractivity contribution in [2.75, 3.05) is 0 Å². The Bertz CT molecular complexity index is 355. The van der Waals surface area contributed by atoms with Gasteiger partial charge in [-0.15, -0.1) is 0 Å². The average Bonchev–Trinajstić information content (AvgIpc) is 2.33. The number of H-pyrrole nitrogens is 1. The van der Waals surface area contributed by atoms with Crippen LogP contribution in [0.25, 0.3) is 11.2 Å². The lowest BCUT2D eigenvalue weighted by atomic mass is 10.6. The Morgan fingerprint density at radius 1 is 1.60 bits per heavy atom. The molecule has 0 amide bonds. The van der Waals surface area contributed by atoms with Gasteiger partial charge in [0.15, 0.2) is 5.65 Å². The minimum absolute atomic E-state index is 0.178. The summed E-state index contributed by atoms with van der Waals surface area (Å²) in [7, 11) is 0. The molecule has 1 N–H and O–H groups in total. The summed E-state index contributed by atoms with van der Waals surface area (Å²) in [4.78, 5) is 14.1. The number of nitrogens with one attached hydrogen (secondary N) is 1. The summed E-state index contributed by atoms with van der Waals surface area (Å²) in [5.74, 6) is 0. The van der Waals surface area contributed by atoms with Crippen molar-refractivity contribution in [3.8, 4) is 0 Å². The number of aromatic amines is 1. The molecule has 2 aromatic rings. The highest BCUT2D eigenvalue weighted by Gasteiger charge is 1.97. The summed E-state index contributed by atoms with van der Waals surface area (Å²) in [6.45, 7) is 0. The summed E-state index contributed by atoms with van der Waals surface area (Å²) in [6, 6.07) is 0. The van der Waals surface area contributed by atoms with Crippen molar-refractivity contribution < 1.29 is 0 Å². The molecule has 0 fully saturated rings. The van der Waals surface area contributed by atoms with Gasteiger partial charge in [-0.2, -0.15) is 4.98 Å². The normalized spacial score (nSPS) is 10.5. The molecule has 2 aromatic heterocycles.